The maximum absolute atomic E-state index is 13.6. The van der Waals surface area contributed by atoms with Crippen LogP contribution in [0, 0.1) is 5.92 Å². The smallest absolute Gasteiger partial charge is 0.410 e. The van der Waals surface area contributed by atoms with Gasteiger partial charge in [0, 0.05) is 12.5 Å². The average Bonchev–Trinajstić information content (AvgIpc) is 2.12. The number of hydrogen-bond acceptors (Lipinski definition) is 3. The highest BCUT2D eigenvalue weighted by atomic mass is 19.3. The van der Waals surface area contributed by atoms with Crippen LogP contribution in [0.5, 0.6) is 0 Å². The zero-order valence-electron chi connectivity index (χ0n) is 10.9. The van der Waals surface area contributed by atoms with E-state index >= 15 is 0 Å². The van der Waals surface area contributed by atoms with E-state index in [4.69, 9.17) is 4.74 Å². The SMILES string of the molecule is CC1CN(C(=O)OC(C)(C)C)CC(F)(F)C1=C=O. The molecular formula is C12H17F2NO3. The molecule has 0 spiro atoms. The van der Waals surface area contributed by atoms with E-state index in [1.54, 1.807) is 20.8 Å². The van der Waals surface area contributed by atoms with E-state index in [-0.39, 0.29) is 6.54 Å². The fourth-order valence-corrected chi connectivity index (χ4v) is 1.81. The molecule has 0 N–H and O–H groups in total. The van der Waals surface area contributed by atoms with E-state index in [9.17, 15) is 18.4 Å². The molecule has 0 aromatic carbocycles. The number of amides is 1. The summed E-state index contributed by atoms with van der Waals surface area (Å²) in [5.74, 6) is -2.77. The molecule has 1 aliphatic rings. The van der Waals surface area contributed by atoms with Crippen LogP contribution in [0.1, 0.15) is 27.7 Å². The van der Waals surface area contributed by atoms with Crippen molar-refractivity contribution in [2.45, 2.75) is 39.2 Å². The third-order valence-corrected chi connectivity index (χ3v) is 2.53. The number of hydrogen-bond donors (Lipinski definition) is 0. The first-order valence-electron chi connectivity index (χ1n) is 5.68. The summed E-state index contributed by atoms with van der Waals surface area (Å²) >= 11 is 0. The van der Waals surface area contributed by atoms with Crippen molar-refractivity contribution < 1.29 is 23.1 Å². The summed E-state index contributed by atoms with van der Waals surface area (Å²) in [5, 5.41) is 0. The van der Waals surface area contributed by atoms with Crippen molar-refractivity contribution in [3.63, 3.8) is 0 Å². The van der Waals surface area contributed by atoms with Gasteiger partial charge in [0.05, 0.1) is 12.1 Å². The summed E-state index contributed by atoms with van der Waals surface area (Å²) in [4.78, 5) is 23.1. The van der Waals surface area contributed by atoms with Gasteiger partial charge in [-0.25, -0.2) is 9.59 Å². The van der Waals surface area contributed by atoms with E-state index in [2.05, 4.69) is 0 Å². The zero-order chi connectivity index (χ0) is 14.1. The lowest BCUT2D eigenvalue weighted by Crippen LogP contribution is -2.51. The molecule has 1 saturated heterocycles. The van der Waals surface area contributed by atoms with Crippen LogP contribution in [0.4, 0.5) is 13.6 Å². The number of likely N-dealkylation sites (tertiary alicyclic amines) is 1. The molecule has 6 heteroatoms. The number of piperidine rings is 1. The fraction of sp³-hybridized carbons (Fsp3) is 0.750. The Morgan fingerprint density at radius 1 is 1.50 bits per heavy atom. The molecular weight excluding hydrogens is 244 g/mol. The Bertz CT molecular complexity index is 395. The maximum atomic E-state index is 13.6. The van der Waals surface area contributed by atoms with E-state index < -0.39 is 35.7 Å². The monoisotopic (exact) mass is 261 g/mol. The summed E-state index contributed by atoms with van der Waals surface area (Å²) < 4.78 is 32.3. The van der Waals surface area contributed by atoms with Crippen molar-refractivity contribution in [1.82, 2.24) is 4.90 Å². The third kappa shape index (κ3) is 3.29. The van der Waals surface area contributed by atoms with Gasteiger partial charge in [0.25, 0.3) is 5.92 Å². The summed E-state index contributed by atoms with van der Waals surface area (Å²) in [6.07, 6.45) is -0.793. The van der Waals surface area contributed by atoms with Crippen LogP contribution in [0.2, 0.25) is 0 Å². The van der Waals surface area contributed by atoms with E-state index in [0.717, 1.165) is 4.90 Å². The number of carbonyl (C=O) groups excluding carboxylic acids is 2. The van der Waals surface area contributed by atoms with Crippen molar-refractivity contribution in [2.24, 2.45) is 5.92 Å². The first kappa shape index (κ1) is 14.6. The molecule has 4 nitrogen and oxygen atoms in total. The summed E-state index contributed by atoms with van der Waals surface area (Å²) in [5.41, 5.74) is -1.32. The van der Waals surface area contributed by atoms with Crippen LogP contribution in [-0.4, -0.2) is 41.5 Å². The van der Waals surface area contributed by atoms with Crippen LogP contribution in [0.15, 0.2) is 5.57 Å². The molecule has 18 heavy (non-hydrogen) atoms. The van der Waals surface area contributed by atoms with Gasteiger partial charge in [0.15, 0.2) is 0 Å². The van der Waals surface area contributed by atoms with Crippen molar-refractivity contribution in [1.29, 1.82) is 0 Å². The highest BCUT2D eigenvalue weighted by molar-refractivity contribution is 5.69. The maximum Gasteiger partial charge on any atom is 0.410 e. The lowest BCUT2D eigenvalue weighted by atomic mass is 9.92. The van der Waals surface area contributed by atoms with Gasteiger partial charge < -0.3 is 9.64 Å². The van der Waals surface area contributed by atoms with Gasteiger partial charge in [-0.3, -0.25) is 0 Å². The van der Waals surface area contributed by atoms with Crippen molar-refractivity contribution >= 4 is 12.0 Å². The normalized spacial score (nSPS) is 23.6. The minimum Gasteiger partial charge on any atom is -0.444 e. The van der Waals surface area contributed by atoms with Gasteiger partial charge in [-0.2, -0.15) is 8.78 Å². The third-order valence-electron chi connectivity index (χ3n) is 2.53. The van der Waals surface area contributed by atoms with Crippen molar-refractivity contribution in [3.05, 3.63) is 5.57 Å². The predicted molar refractivity (Wildman–Crippen MR) is 61.1 cm³/mol. The largest absolute Gasteiger partial charge is 0.444 e. The number of rotatable bonds is 0. The van der Waals surface area contributed by atoms with Crippen LogP contribution in [-0.2, 0) is 9.53 Å². The Kier molecular flexibility index (Phi) is 3.81. The summed E-state index contributed by atoms with van der Waals surface area (Å²) in [6.45, 7) is 5.64. The highest BCUT2D eigenvalue weighted by Gasteiger charge is 2.47. The molecule has 1 fully saturated rings. The van der Waals surface area contributed by atoms with Crippen LogP contribution in [0.3, 0.4) is 0 Å². The molecule has 0 aromatic rings. The molecule has 102 valence electrons. The van der Waals surface area contributed by atoms with Gasteiger partial charge in [-0.1, -0.05) is 6.92 Å². The molecule has 0 bridgehead atoms. The lowest BCUT2D eigenvalue weighted by Gasteiger charge is -2.37. The van der Waals surface area contributed by atoms with E-state index in [1.165, 1.54) is 12.9 Å². The van der Waals surface area contributed by atoms with Gasteiger partial charge in [-0.15, -0.1) is 0 Å². The summed E-state index contributed by atoms with van der Waals surface area (Å²) in [6, 6.07) is 0. The van der Waals surface area contributed by atoms with Gasteiger partial charge in [-0.05, 0) is 20.8 Å². The van der Waals surface area contributed by atoms with E-state index in [0.29, 0.717) is 0 Å². The quantitative estimate of drug-likeness (QED) is 0.628. The van der Waals surface area contributed by atoms with Crippen molar-refractivity contribution in [3.8, 4) is 0 Å². The first-order valence-corrected chi connectivity index (χ1v) is 5.68. The molecule has 1 unspecified atom stereocenters. The minimum absolute atomic E-state index is 0.0368. The van der Waals surface area contributed by atoms with Gasteiger partial charge >= 0.3 is 6.09 Å². The van der Waals surface area contributed by atoms with Gasteiger partial charge in [0.1, 0.15) is 11.5 Å². The van der Waals surface area contributed by atoms with E-state index in [1.807, 2.05) is 0 Å². The van der Waals surface area contributed by atoms with Gasteiger partial charge in [0.2, 0.25) is 0 Å². The Morgan fingerprint density at radius 2 is 2.06 bits per heavy atom. The Balaban J connectivity index is 2.84. The zero-order valence-corrected chi connectivity index (χ0v) is 10.9. The molecule has 1 heterocycles. The second-order valence-corrected chi connectivity index (χ2v) is 5.48. The Morgan fingerprint density at radius 3 is 2.44 bits per heavy atom. The number of halogens is 2. The molecule has 1 aliphatic heterocycles. The topological polar surface area (TPSA) is 46.6 Å². The number of ether oxygens (including phenoxy) is 1. The average molecular weight is 261 g/mol. The van der Waals surface area contributed by atoms with Crippen LogP contribution < -0.4 is 0 Å². The number of alkyl halides is 2. The predicted octanol–water partition coefficient (Wildman–Crippen LogP) is 2.27. The Hall–Kier alpha value is -1.42. The Labute approximate surface area is 105 Å². The van der Waals surface area contributed by atoms with Crippen LogP contribution in [0.25, 0.3) is 0 Å². The second kappa shape index (κ2) is 4.69. The minimum atomic E-state index is -3.34. The number of carbonyl (C=O) groups is 1. The molecule has 1 rings (SSSR count). The molecule has 0 radical (unpaired) electrons. The van der Waals surface area contributed by atoms with Crippen LogP contribution >= 0.6 is 0 Å². The standard InChI is InChI=1S/C12H17F2NO3/c1-8-5-15(10(17)18-11(2,3)4)7-12(13,14)9(8)6-16/h8H,5,7H2,1-4H3. The molecule has 1 atom stereocenters. The molecule has 1 amide bonds. The fourth-order valence-electron chi connectivity index (χ4n) is 1.81. The number of nitrogens with zero attached hydrogens (tertiary/aromatic N) is 1. The molecule has 0 aliphatic carbocycles. The van der Waals surface area contributed by atoms with Crippen molar-refractivity contribution in [2.75, 3.05) is 13.1 Å². The first-order chi connectivity index (χ1) is 8.07. The lowest BCUT2D eigenvalue weighted by molar-refractivity contribution is -0.0432. The molecule has 0 aromatic heterocycles. The molecule has 0 saturated carbocycles. The summed E-state index contributed by atoms with van der Waals surface area (Å²) in [7, 11) is 0. The second-order valence-electron chi connectivity index (χ2n) is 5.48. The highest BCUT2D eigenvalue weighted by Crippen LogP contribution is 2.34.